The number of para-hydroxylation sites is 1. The Hall–Kier alpha value is -2.48. The third-order valence-electron chi connectivity index (χ3n) is 2.64. The fourth-order valence-electron chi connectivity index (χ4n) is 1.71. The van der Waals surface area contributed by atoms with Crippen molar-refractivity contribution in [3.05, 3.63) is 50.5 Å². The van der Waals surface area contributed by atoms with E-state index >= 15 is 0 Å². The monoisotopic (exact) mass is 292 g/mol. The van der Waals surface area contributed by atoms with Gasteiger partial charge in [0, 0.05) is 18.3 Å². The van der Waals surface area contributed by atoms with Gasteiger partial charge in [-0.25, -0.2) is 4.98 Å². The Morgan fingerprint density at radius 2 is 2.30 bits per heavy atom. The zero-order valence-corrected chi connectivity index (χ0v) is 11.2. The van der Waals surface area contributed by atoms with Gasteiger partial charge < -0.3 is 11.1 Å². The summed E-state index contributed by atoms with van der Waals surface area (Å²) in [5, 5.41) is 15.5. The molecule has 0 saturated heterocycles. The number of amides is 1. The van der Waals surface area contributed by atoms with Crippen molar-refractivity contribution in [3.63, 3.8) is 0 Å². The maximum absolute atomic E-state index is 12.0. The van der Waals surface area contributed by atoms with Gasteiger partial charge in [-0.1, -0.05) is 6.07 Å². The summed E-state index contributed by atoms with van der Waals surface area (Å²) in [6, 6.07) is 4.29. The lowest BCUT2D eigenvalue weighted by Crippen LogP contribution is -2.26. The number of thiazole rings is 1. The predicted octanol–water partition coefficient (Wildman–Crippen LogP) is 1.61. The van der Waals surface area contributed by atoms with Crippen molar-refractivity contribution in [2.75, 3.05) is 12.3 Å². The molecule has 0 aliphatic rings. The number of nitrogen functional groups attached to an aromatic ring is 1. The van der Waals surface area contributed by atoms with Gasteiger partial charge in [0.2, 0.25) is 0 Å². The topological polar surface area (TPSA) is 111 Å². The summed E-state index contributed by atoms with van der Waals surface area (Å²) in [6.45, 7) is 0.356. The number of hydrogen-bond acceptors (Lipinski definition) is 6. The summed E-state index contributed by atoms with van der Waals surface area (Å²) >= 11 is 1.47. The number of nitrogens with zero attached hydrogens (tertiary/aromatic N) is 2. The van der Waals surface area contributed by atoms with Crippen LogP contribution in [-0.4, -0.2) is 22.4 Å². The lowest BCUT2D eigenvalue weighted by molar-refractivity contribution is -0.384. The Labute approximate surface area is 118 Å². The van der Waals surface area contributed by atoms with Crippen molar-refractivity contribution in [3.8, 4) is 0 Å². The second-order valence-electron chi connectivity index (χ2n) is 3.99. The number of benzene rings is 1. The molecule has 8 heteroatoms. The number of anilines is 1. The first-order valence-electron chi connectivity index (χ1n) is 5.77. The zero-order valence-electron chi connectivity index (χ0n) is 10.4. The second-order valence-corrected chi connectivity index (χ2v) is 4.70. The van der Waals surface area contributed by atoms with Gasteiger partial charge in [0.15, 0.2) is 0 Å². The van der Waals surface area contributed by atoms with Crippen LogP contribution in [0, 0.1) is 10.1 Å². The van der Waals surface area contributed by atoms with Gasteiger partial charge in [-0.3, -0.25) is 14.9 Å². The Bertz CT molecular complexity index is 628. The van der Waals surface area contributed by atoms with Crippen molar-refractivity contribution < 1.29 is 9.72 Å². The highest BCUT2D eigenvalue weighted by atomic mass is 32.1. The first-order valence-corrected chi connectivity index (χ1v) is 6.72. The summed E-state index contributed by atoms with van der Waals surface area (Å²) in [4.78, 5) is 26.3. The first-order chi connectivity index (χ1) is 9.59. The normalized spacial score (nSPS) is 10.2. The number of carbonyl (C=O) groups excluding carboxylic acids is 1. The van der Waals surface area contributed by atoms with Crippen LogP contribution in [0.1, 0.15) is 16.1 Å². The third-order valence-corrected chi connectivity index (χ3v) is 3.28. The summed E-state index contributed by atoms with van der Waals surface area (Å²) in [5.41, 5.74) is 7.69. The quantitative estimate of drug-likeness (QED) is 0.494. The van der Waals surface area contributed by atoms with Crippen molar-refractivity contribution in [1.29, 1.82) is 0 Å². The number of nitro benzene ring substituents is 1. The van der Waals surface area contributed by atoms with E-state index in [2.05, 4.69) is 10.3 Å². The molecule has 2 rings (SSSR count). The maximum atomic E-state index is 12.0. The molecule has 20 heavy (non-hydrogen) atoms. The Morgan fingerprint density at radius 1 is 1.50 bits per heavy atom. The lowest BCUT2D eigenvalue weighted by Gasteiger charge is -2.06. The van der Waals surface area contributed by atoms with E-state index in [0.29, 0.717) is 13.0 Å². The first kappa shape index (κ1) is 13.9. The van der Waals surface area contributed by atoms with Crippen molar-refractivity contribution >= 4 is 28.6 Å². The molecule has 0 aliphatic carbocycles. The Morgan fingerprint density at radius 3 is 2.95 bits per heavy atom. The van der Waals surface area contributed by atoms with E-state index in [9.17, 15) is 14.9 Å². The molecule has 7 nitrogen and oxygen atoms in total. The van der Waals surface area contributed by atoms with Gasteiger partial charge >= 0.3 is 5.69 Å². The van der Waals surface area contributed by atoms with E-state index in [4.69, 9.17) is 5.73 Å². The largest absolute Gasteiger partial charge is 0.393 e. The fourth-order valence-corrected chi connectivity index (χ4v) is 2.30. The predicted molar refractivity (Wildman–Crippen MR) is 75.7 cm³/mol. The molecular weight excluding hydrogens is 280 g/mol. The summed E-state index contributed by atoms with van der Waals surface area (Å²) < 4.78 is 0. The Balaban J connectivity index is 2.06. The molecule has 0 unspecified atom stereocenters. The molecule has 1 aromatic heterocycles. The summed E-state index contributed by atoms with van der Waals surface area (Å²) in [7, 11) is 0. The number of nitrogens with one attached hydrogen (secondary N) is 1. The molecule has 0 radical (unpaired) electrons. The van der Waals surface area contributed by atoms with Gasteiger partial charge in [-0.2, -0.15) is 0 Å². The molecule has 3 N–H and O–H groups in total. The molecule has 1 aromatic carbocycles. The van der Waals surface area contributed by atoms with Gasteiger partial charge in [-0.05, 0) is 12.1 Å². The van der Waals surface area contributed by atoms with E-state index in [-0.39, 0.29) is 16.9 Å². The number of hydrogen-bond donors (Lipinski definition) is 2. The number of rotatable bonds is 5. The zero-order chi connectivity index (χ0) is 14.5. The van der Waals surface area contributed by atoms with Crippen molar-refractivity contribution in [2.45, 2.75) is 6.42 Å². The number of nitrogens with two attached hydrogens (primary N) is 1. The van der Waals surface area contributed by atoms with Crippen LogP contribution in [-0.2, 0) is 6.42 Å². The second kappa shape index (κ2) is 6.11. The SMILES string of the molecule is Nc1cccc(C(=O)NCCc2cscn2)c1[N+](=O)[O-]. The average Bonchev–Trinajstić information content (AvgIpc) is 2.91. The van der Waals surface area contributed by atoms with Crippen LogP contribution in [0.2, 0.25) is 0 Å². The standard InChI is InChI=1S/C12H12N4O3S/c13-10-3-1-2-9(11(10)16(18)19)12(17)14-5-4-8-6-20-7-15-8/h1-3,6-7H,4-5,13H2,(H,14,17). The van der Waals surface area contributed by atoms with Crippen molar-refractivity contribution in [2.24, 2.45) is 0 Å². The highest BCUT2D eigenvalue weighted by molar-refractivity contribution is 7.07. The van der Waals surface area contributed by atoms with Crippen LogP contribution in [0.4, 0.5) is 11.4 Å². The minimum absolute atomic E-state index is 0.0258. The van der Waals surface area contributed by atoms with E-state index in [1.807, 2.05) is 5.38 Å². The smallest absolute Gasteiger partial charge is 0.304 e. The molecule has 1 heterocycles. The molecule has 104 valence electrons. The molecule has 0 saturated carbocycles. The average molecular weight is 292 g/mol. The van der Waals surface area contributed by atoms with Gasteiger partial charge in [-0.15, -0.1) is 11.3 Å². The molecule has 0 fully saturated rings. The minimum atomic E-state index is -0.648. The molecule has 2 aromatic rings. The van der Waals surface area contributed by atoms with Crippen LogP contribution in [0.5, 0.6) is 0 Å². The van der Waals surface area contributed by atoms with Gasteiger partial charge in [0.05, 0.1) is 16.1 Å². The number of nitro groups is 1. The molecule has 0 spiro atoms. The van der Waals surface area contributed by atoms with Gasteiger partial charge in [0.1, 0.15) is 11.3 Å². The van der Waals surface area contributed by atoms with Crippen LogP contribution in [0.15, 0.2) is 29.1 Å². The molecule has 0 bridgehead atoms. The maximum Gasteiger partial charge on any atom is 0.304 e. The molecule has 1 amide bonds. The van der Waals surface area contributed by atoms with Crippen molar-refractivity contribution in [1.82, 2.24) is 10.3 Å². The molecule has 0 atom stereocenters. The third kappa shape index (κ3) is 3.09. The lowest BCUT2D eigenvalue weighted by atomic mass is 10.1. The van der Waals surface area contributed by atoms with Crippen LogP contribution in [0.25, 0.3) is 0 Å². The number of carbonyl (C=O) groups is 1. The molecule has 0 aliphatic heterocycles. The summed E-state index contributed by atoms with van der Waals surface area (Å²) in [6.07, 6.45) is 0.575. The van der Waals surface area contributed by atoms with Crippen LogP contribution in [0.3, 0.4) is 0 Å². The van der Waals surface area contributed by atoms with E-state index in [0.717, 1.165) is 5.69 Å². The van der Waals surface area contributed by atoms with Crippen LogP contribution >= 0.6 is 11.3 Å². The van der Waals surface area contributed by atoms with Gasteiger partial charge in [0.25, 0.3) is 5.91 Å². The van der Waals surface area contributed by atoms with E-state index in [1.54, 1.807) is 5.51 Å². The molecular formula is C12H12N4O3S. The van der Waals surface area contributed by atoms with Crippen LogP contribution < -0.4 is 11.1 Å². The fraction of sp³-hybridized carbons (Fsp3) is 0.167. The van der Waals surface area contributed by atoms with E-state index in [1.165, 1.54) is 29.5 Å². The van der Waals surface area contributed by atoms with E-state index < -0.39 is 10.8 Å². The highest BCUT2D eigenvalue weighted by Gasteiger charge is 2.22. The Kier molecular flexibility index (Phi) is 4.26. The minimum Gasteiger partial charge on any atom is -0.393 e. The summed E-state index contributed by atoms with van der Waals surface area (Å²) in [5.74, 6) is -0.515. The highest BCUT2D eigenvalue weighted by Crippen LogP contribution is 2.25. The number of aromatic nitrogens is 1.